The third-order valence-corrected chi connectivity index (χ3v) is 2.21. The minimum Gasteiger partial charge on any atom is -0.354 e. The molecule has 1 unspecified atom stereocenters. The van der Waals surface area contributed by atoms with Crippen LogP contribution < -0.4 is 10.6 Å². The van der Waals surface area contributed by atoms with Crippen molar-refractivity contribution in [1.29, 1.82) is 0 Å². The number of hydrogen-bond acceptors (Lipinski definition) is 5. The predicted octanol–water partition coefficient (Wildman–Crippen LogP) is 2.56. The summed E-state index contributed by atoms with van der Waals surface area (Å²) in [6.45, 7) is 6.96. The second kappa shape index (κ2) is 6.48. The Morgan fingerprint density at radius 2 is 1.88 bits per heavy atom. The summed E-state index contributed by atoms with van der Waals surface area (Å²) in [6, 6.07) is 0.331. The van der Waals surface area contributed by atoms with Crippen molar-refractivity contribution in [3.63, 3.8) is 0 Å². The summed E-state index contributed by atoms with van der Waals surface area (Å²) in [7, 11) is 0. The molecule has 5 nitrogen and oxygen atoms in total. The summed E-state index contributed by atoms with van der Waals surface area (Å²) < 4.78 is 0. The van der Waals surface area contributed by atoms with Crippen LogP contribution >= 0.6 is 11.6 Å². The van der Waals surface area contributed by atoms with Crippen molar-refractivity contribution < 1.29 is 0 Å². The first-order valence-corrected chi connectivity index (χ1v) is 5.95. The van der Waals surface area contributed by atoms with Gasteiger partial charge >= 0.3 is 0 Å². The molecular formula is C10H18ClN5. The second-order valence-electron chi connectivity index (χ2n) is 3.62. The van der Waals surface area contributed by atoms with E-state index in [0.717, 1.165) is 19.4 Å². The standard InChI is InChI=1S/C10H18ClN5/c1-4-6-7(3)13-10-15-8(11)14-9(16-10)12-5-2/h7H,4-6H2,1-3H3,(H2,12,13,14,15,16). The van der Waals surface area contributed by atoms with Gasteiger partial charge < -0.3 is 10.6 Å². The summed E-state index contributed by atoms with van der Waals surface area (Å²) >= 11 is 5.80. The molecule has 0 saturated heterocycles. The molecule has 0 radical (unpaired) electrons. The van der Waals surface area contributed by atoms with Gasteiger partial charge in [0.25, 0.3) is 0 Å². The normalized spacial score (nSPS) is 12.2. The Morgan fingerprint density at radius 3 is 2.50 bits per heavy atom. The van der Waals surface area contributed by atoms with Gasteiger partial charge in [-0.15, -0.1) is 0 Å². The Kier molecular flexibility index (Phi) is 5.25. The average molecular weight is 244 g/mol. The quantitative estimate of drug-likeness (QED) is 0.804. The van der Waals surface area contributed by atoms with Crippen LogP contribution in [0.1, 0.15) is 33.6 Å². The molecule has 0 aliphatic carbocycles. The highest BCUT2D eigenvalue weighted by Crippen LogP contribution is 2.11. The predicted molar refractivity (Wildman–Crippen MR) is 67.0 cm³/mol. The van der Waals surface area contributed by atoms with Gasteiger partial charge in [-0.05, 0) is 31.9 Å². The molecule has 0 amide bonds. The number of hydrogen-bond donors (Lipinski definition) is 2. The van der Waals surface area contributed by atoms with Crippen molar-refractivity contribution in [3.05, 3.63) is 5.28 Å². The third kappa shape index (κ3) is 4.18. The van der Waals surface area contributed by atoms with Crippen LogP contribution in [0.25, 0.3) is 0 Å². The minimum absolute atomic E-state index is 0.206. The number of aromatic nitrogens is 3. The lowest BCUT2D eigenvalue weighted by Crippen LogP contribution is -2.17. The van der Waals surface area contributed by atoms with Gasteiger partial charge in [-0.3, -0.25) is 0 Å². The first kappa shape index (κ1) is 13.0. The molecule has 1 atom stereocenters. The zero-order valence-corrected chi connectivity index (χ0v) is 10.7. The molecule has 90 valence electrons. The molecule has 0 aliphatic rings. The van der Waals surface area contributed by atoms with Crippen LogP contribution in [0.2, 0.25) is 5.28 Å². The third-order valence-electron chi connectivity index (χ3n) is 2.04. The van der Waals surface area contributed by atoms with E-state index in [0.29, 0.717) is 17.9 Å². The topological polar surface area (TPSA) is 62.7 Å². The summed E-state index contributed by atoms with van der Waals surface area (Å²) in [5, 5.41) is 6.41. The van der Waals surface area contributed by atoms with E-state index in [1.807, 2.05) is 6.92 Å². The Labute approximate surface area is 101 Å². The summed E-state index contributed by atoms with van der Waals surface area (Å²) in [5.41, 5.74) is 0. The van der Waals surface area contributed by atoms with E-state index in [1.165, 1.54) is 0 Å². The molecule has 0 aliphatic heterocycles. The van der Waals surface area contributed by atoms with Gasteiger partial charge in [0, 0.05) is 12.6 Å². The molecule has 6 heteroatoms. The van der Waals surface area contributed by atoms with Gasteiger partial charge in [0.15, 0.2) is 0 Å². The zero-order chi connectivity index (χ0) is 12.0. The van der Waals surface area contributed by atoms with Crippen molar-refractivity contribution in [2.45, 2.75) is 39.7 Å². The molecule has 1 aromatic heterocycles. The Balaban J connectivity index is 2.71. The van der Waals surface area contributed by atoms with Gasteiger partial charge in [-0.1, -0.05) is 13.3 Å². The van der Waals surface area contributed by atoms with Crippen molar-refractivity contribution in [2.24, 2.45) is 0 Å². The van der Waals surface area contributed by atoms with Crippen molar-refractivity contribution >= 4 is 23.5 Å². The Hall–Kier alpha value is -1.10. The maximum Gasteiger partial charge on any atom is 0.229 e. The van der Waals surface area contributed by atoms with Crippen molar-refractivity contribution in [2.75, 3.05) is 17.2 Å². The largest absolute Gasteiger partial charge is 0.354 e. The Morgan fingerprint density at radius 1 is 1.19 bits per heavy atom. The highest BCUT2D eigenvalue weighted by molar-refractivity contribution is 6.28. The minimum atomic E-state index is 0.206. The molecule has 1 rings (SSSR count). The van der Waals surface area contributed by atoms with Gasteiger partial charge in [-0.25, -0.2) is 0 Å². The maximum atomic E-state index is 5.80. The van der Waals surface area contributed by atoms with Gasteiger partial charge in [0.2, 0.25) is 17.2 Å². The van der Waals surface area contributed by atoms with Crippen LogP contribution in [0.5, 0.6) is 0 Å². The van der Waals surface area contributed by atoms with Crippen LogP contribution in [0, 0.1) is 0 Å². The monoisotopic (exact) mass is 243 g/mol. The smallest absolute Gasteiger partial charge is 0.229 e. The molecule has 0 spiro atoms. The molecular weight excluding hydrogens is 226 g/mol. The number of nitrogens with one attached hydrogen (secondary N) is 2. The molecule has 1 aromatic rings. The SMILES string of the molecule is CCCC(C)Nc1nc(Cl)nc(NCC)n1. The van der Waals surface area contributed by atoms with Gasteiger partial charge in [-0.2, -0.15) is 15.0 Å². The molecule has 1 heterocycles. The van der Waals surface area contributed by atoms with E-state index in [1.54, 1.807) is 0 Å². The fourth-order valence-electron chi connectivity index (χ4n) is 1.38. The van der Waals surface area contributed by atoms with Crippen LogP contribution in [-0.4, -0.2) is 27.5 Å². The highest BCUT2D eigenvalue weighted by atomic mass is 35.5. The average Bonchev–Trinajstić information content (AvgIpc) is 2.17. The Bertz CT molecular complexity index is 331. The first-order chi connectivity index (χ1) is 7.65. The van der Waals surface area contributed by atoms with E-state index < -0.39 is 0 Å². The number of nitrogens with zero attached hydrogens (tertiary/aromatic N) is 3. The number of anilines is 2. The van der Waals surface area contributed by atoms with Crippen LogP contribution in [-0.2, 0) is 0 Å². The molecule has 0 fully saturated rings. The van der Waals surface area contributed by atoms with Crippen molar-refractivity contribution in [1.82, 2.24) is 15.0 Å². The van der Waals surface area contributed by atoms with E-state index in [9.17, 15) is 0 Å². The maximum absolute atomic E-state index is 5.80. The lowest BCUT2D eigenvalue weighted by Gasteiger charge is -2.13. The van der Waals surface area contributed by atoms with E-state index in [2.05, 4.69) is 39.4 Å². The fraction of sp³-hybridized carbons (Fsp3) is 0.700. The summed E-state index contributed by atoms with van der Waals surface area (Å²) in [4.78, 5) is 12.2. The molecule has 0 aromatic carbocycles. The van der Waals surface area contributed by atoms with Gasteiger partial charge in [0.05, 0.1) is 0 Å². The number of rotatable bonds is 6. The first-order valence-electron chi connectivity index (χ1n) is 5.57. The van der Waals surface area contributed by atoms with Gasteiger partial charge in [0.1, 0.15) is 0 Å². The fourth-order valence-corrected chi connectivity index (χ4v) is 1.54. The van der Waals surface area contributed by atoms with E-state index in [4.69, 9.17) is 11.6 Å². The highest BCUT2D eigenvalue weighted by Gasteiger charge is 2.06. The zero-order valence-electron chi connectivity index (χ0n) is 9.92. The van der Waals surface area contributed by atoms with Crippen LogP contribution in [0.15, 0.2) is 0 Å². The van der Waals surface area contributed by atoms with Crippen LogP contribution in [0.4, 0.5) is 11.9 Å². The number of halogens is 1. The van der Waals surface area contributed by atoms with Crippen molar-refractivity contribution in [3.8, 4) is 0 Å². The lowest BCUT2D eigenvalue weighted by atomic mass is 10.2. The second-order valence-corrected chi connectivity index (χ2v) is 3.95. The summed E-state index contributed by atoms with van der Waals surface area (Å²) in [6.07, 6.45) is 2.19. The lowest BCUT2D eigenvalue weighted by molar-refractivity contribution is 0.683. The van der Waals surface area contributed by atoms with E-state index >= 15 is 0 Å². The molecule has 0 bridgehead atoms. The summed E-state index contributed by atoms with van der Waals surface area (Å²) in [5.74, 6) is 1.03. The van der Waals surface area contributed by atoms with E-state index in [-0.39, 0.29) is 5.28 Å². The molecule has 0 saturated carbocycles. The van der Waals surface area contributed by atoms with Crippen LogP contribution in [0.3, 0.4) is 0 Å². The molecule has 16 heavy (non-hydrogen) atoms. The molecule has 2 N–H and O–H groups in total.